The fourth-order valence-corrected chi connectivity index (χ4v) is 3.98. The van der Waals surface area contributed by atoms with E-state index in [4.69, 9.17) is 0 Å². The maximum absolute atomic E-state index is 4.55. The largest absolute Gasteiger partial charge is 0.309 e. The Hall–Kier alpha value is -1.23. The Kier molecular flexibility index (Phi) is 5.01. The molecule has 0 amide bonds. The van der Waals surface area contributed by atoms with Gasteiger partial charge in [0, 0.05) is 30.7 Å². The zero-order chi connectivity index (χ0) is 14.5. The molecule has 2 heterocycles. The van der Waals surface area contributed by atoms with Crippen molar-refractivity contribution < 1.29 is 0 Å². The van der Waals surface area contributed by atoms with E-state index in [9.17, 15) is 0 Å². The molecule has 2 unspecified atom stereocenters. The van der Waals surface area contributed by atoms with E-state index in [1.807, 2.05) is 6.20 Å². The van der Waals surface area contributed by atoms with Crippen molar-refractivity contribution in [3.63, 3.8) is 0 Å². The molecular formula is C17H23N3S. The van der Waals surface area contributed by atoms with Gasteiger partial charge in [-0.2, -0.15) is 0 Å². The molecule has 0 aliphatic carbocycles. The summed E-state index contributed by atoms with van der Waals surface area (Å²) in [7, 11) is 0. The molecule has 0 saturated carbocycles. The van der Waals surface area contributed by atoms with E-state index in [1.54, 1.807) is 11.3 Å². The smallest absolute Gasteiger partial charge is 0.110 e. The number of thiazole rings is 1. The minimum Gasteiger partial charge on any atom is -0.309 e. The highest BCUT2D eigenvalue weighted by Gasteiger charge is 2.26. The van der Waals surface area contributed by atoms with E-state index in [0.29, 0.717) is 12.1 Å². The van der Waals surface area contributed by atoms with Crippen LogP contribution in [0.1, 0.15) is 42.4 Å². The van der Waals surface area contributed by atoms with E-state index in [1.165, 1.54) is 17.0 Å². The molecule has 112 valence electrons. The van der Waals surface area contributed by atoms with E-state index in [2.05, 4.69) is 57.8 Å². The van der Waals surface area contributed by atoms with Crippen LogP contribution in [-0.4, -0.2) is 29.5 Å². The minimum absolute atomic E-state index is 0.419. The molecule has 21 heavy (non-hydrogen) atoms. The van der Waals surface area contributed by atoms with E-state index in [-0.39, 0.29) is 0 Å². The Labute approximate surface area is 131 Å². The molecule has 2 atom stereocenters. The SMILES string of the molecule is CCC(c1nccs1)N1CCCNC(c2ccccc2)C1. The summed E-state index contributed by atoms with van der Waals surface area (Å²) < 4.78 is 0. The van der Waals surface area contributed by atoms with Crippen LogP contribution in [0, 0.1) is 0 Å². The first-order valence-corrected chi connectivity index (χ1v) is 8.68. The van der Waals surface area contributed by atoms with Crippen LogP contribution in [0.4, 0.5) is 0 Å². The van der Waals surface area contributed by atoms with Gasteiger partial charge in [0.25, 0.3) is 0 Å². The van der Waals surface area contributed by atoms with Gasteiger partial charge >= 0.3 is 0 Å². The molecule has 0 spiro atoms. The van der Waals surface area contributed by atoms with Gasteiger partial charge in [-0.25, -0.2) is 4.98 Å². The molecule has 1 aliphatic rings. The van der Waals surface area contributed by atoms with Crippen LogP contribution in [0.2, 0.25) is 0 Å². The van der Waals surface area contributed by atoms with Gasteiger partial charge in [-0.15, -0.1) is 11.3 Å². The Balaban J connectivity index is 1.78. The van der Waals surface area contributed by atoms with Crippen molar-refractivity contribution >= 4 is 11.3 Å². The Bertz CT molecular complexity index is 526. The fourth-order valence-electron chi connectivity index (χ4n) is 3.13. The third kappa shape index (κ3) is 3.51. The summed E-state index contributed by atoms with van der Waals surface area (Å²) in [6, 6.07) is 11.7. The van der Waals surface area contributed by atoms with Crippen LogP contribution in [0.3, 0.4) is 0 Å². The lowest BCUT2D eigenvalue weighted by molar-refractivity contribution is 0.188. The summed E-state index contributed by atoms with van der Waals surface area (Å²) in [5.41, 5.74) is 1.39. The molecule has 0 bridgehead atoms. The Morgan fingerprint density at radius 3 is 2.95 bits per heavy atom. The van der Waals surface area contributed by atoms with Crippen LogP contribution in [-0.2, 0) is 0 Å². The minimum atomic E-state index is 0.419. The molecule has 1 aromatic carbocycles. The third-order valence-electron chi connectivity index (χ3n) is 4.20. The number of hydrogen-bond acceptors (Lipinski definition) is 4. The number of nitrogens with zero attached hydrogens (tertiary/aromatic N) is 2. The van der Waals surface area contributed by atoms with Gasteiger partial charge < -0.3 is 5.32 Å². The number of nitrogens with one attached hydrogen (secondary N) is 1. The van der Waals surface area contributed by atoms with Gasteiger partial charge in [-0.05, 0) is 24.9 Å². The summed E-state index contributed by atoms with van der Waals surface area (Å²) in [4.78, 5) is 7.16. The van der Waals surface area contributed by atoms with Gasteiger partial charge in [-0.1, -0.05) is 37.3 Å². The summed E-state index contributed by atoms with van der Waals surface area (Å²) in [5, 5.41) is 7.04. The number of benzene rings is 1. The molecule has 4 heteroatoms. The van der Waals surface area contributed by atoms with Crippen molar-refractivity contribution in [3.05, 3.63) is 52.5 Å². The van der Waals surface area contributed by atoms with Crippen molar-refractivity contribution in [2.24, 2.45) is 0 Å². The van der Waals surface area contributed by atoms with E-state index >= 15 is 0 Å². The highest BCUT2D eigenvalue weighted by molar-refractivity contribution is 7.09. The van der Waals surface area contributed by atoms with Gasteiger partial charge in [-0.3, -0.25) is 4.90 Å². The second kappa shape index (κ2) is 7.16. The van der Waals surface area contributed by atoms with Crippen molar-refractivity contribution in [1.29, 1.82) is 0 Å². The highest BCUT2D eigenvalue weighted by atomic mass is 32.1. The van der Waals surface area contributed by atoms with Crippen LogP contribution in [0.15, 0.2) is 41.9 Å². The Morgan fingerprint density at radius 2 is 2.24 bits per heavy atom. The van der Waals surface area contributed by atoms with Crippen LogP contribution < -0.4 is 5.32 Å². The summed E-state index contributed by atoms with van der Waals surface area (Å²) in [6.45, 7) is 5.56. The maximum Gasteiger partial charge on any atom is 0.110 e. The van der Waals surface area contributed by atoms with Crippen molar-refractivity contribution in [1.82, 2.24) is 15.2 Å². The van der Waals surface area contributed by atoms with Gasteiger partial charge in [0.05, 0.1) is 6.04 Å². The second-order valence-electron chi connectivity index (χ2n) is 5.56. The predicted octanol–water partition coefficient (Wildman–Crippen LogP) is 3.63. The molecule has 1 aromatic heterocycles. The zero-order valence-corrected chi connectivity index (χ0v) is 13.4. The first-order chi connectivity index (χ1) is 10.4. The zero-order valence-electron chi connectivity index (χ0n) is 12.5. The first kappa shape index (κ1) is 14.7. The van der Waals surface area contributed by atoms with Gasteiger partial charge in [0.1, 0.15) is 5.01 Å². The highest BCUT2D eigenvalue weighted by Crippen LogP contribution is 2.29. The van der Waals surface area contributed by atoms with Gasteiger partial charge in [0.15, 0.2) is 0 Å². The predicted molar refractivity (Wildman–Crippen MR) is 88.5 cm³/mol. The number of aromatic nitrogens is 1. The summed E-state index contributed by atoms with van der Waals surface area (Å²) >= 11 is 1.78. The van der Waals surface area contributed by atoms with E-state index < -0.39 is 0 Å². The topological polar surface area (TPSA) is 28.2 Å². The lowest BCUT2D eigenvalue weighted by Gasteiger charge is -2.30. The standard InChI is InChI=1S/C17H23N3S/c1-2-16(17-19-10-12-21-17)20-11-6-9-18-15(13-20)14-7-4-3-5-8-14/h3-5,7-8,10,12,15-16,18H,2,6,9,11,13H2,1H3. The second-order valence-corrected chi connectivity index (χ2v) is 6.49. The molecule has 3 nitrogen and oxygen atoms in total. The van der Waals surface area contributed by atoms with Crippen LogP contribution in [0.25, 0.3) is 0 Å². The Morgan fingerprint density at radius 1 is 1.38 bits per heavy atom. The quantitative estimate of drug-likeness (QED) is 0.934. The third-order valence-corrected chi connectivity index (χ3v) is 5.07. The number of hydrogen-bond donors (Lipinski definition) is 1. The maximum atomic E-state index is 4.55. The van der Waals surface area contributed by atoms with Crippen molar-refractivity contribution in [2.75, 3.05) is 19.6 Å². The molecule has 2 aromatic rings. The van der Waals surface area contributed by atoms with Crippen LogP contribution in [0.5, 0.6) is 0 Å². The number of rotatable bonds is 4. The van der Waals surface area contributed by atoms with Gasteiger partial charge in [0.2, 0.25) is 0 Å². The lowest BCUT2D eigenvalue weighted by Crippen LogP contribution is -2.34. The molecule has 1 saturated heterocycles. The molecule has 0 radical (unpaired) electrons. The first-order valence-electron chi connectivity index (χ1n) is 7.80. The summed E-state index contributed by atoms with van der Waals surface area (Å²) in [6.07, 6.45) is 4.24. The molecule has 1 aliphatic heterocycles. The molecule has 1 N–H and O–H groups in total. The van der Waals surface area contributed by atoms with E-state index in [0.717, 1.165) is 26.1 Å². The van der Waals surface area contributed by atoms with Crippen LogP contribution >= 0.6 is 11.3 Å². The average molecular weight is 301 g/mol. The normalized spacial score (nSPS) is 21.9. The molecule has 3 rings (SSSR count). The fraction of sp³-hybridized carbons (Fsp3) is 0.471. The average Bonchev–Trinajstić information content (AvgIpc) is 2.94. The van der Waals surface area contributed by atoms with Crippen molar-refractivity contribution in [2.45, 2.75) is 31.8 Å². The molecule has 1 fully saturated rings. The molecular weight excluding hydrogens is 278 g/mol. The lowest BCUT2D eigenvalue weighted by atomic mass is 10.1. The monoisotopic (exact) mass is 301 g/mol. The summed E-state index contributed by atoms with van der Waals surface area (Å²) in [5.74, 6) is 0. The van der Waals surface area contributed by atoms with Crippen molar-refractivity contribution in [3.8, 4) is 0 Å².